The van der Waals surface area contributed by atoms with E-state index in [1.54, 1.807) is 12.1 Å². The Bertz CT molecular complexity index is 315. The van der Waals surface area contributed by atoms with Gasteiger partial charge in [-0.15, -0.1) is 0 Å². The molecule has 0 aliphatic carbocycles. The Morgan fingerprint density at radius 2 is 2.25 bits per heavy atom. The van der Waals surface area contributed by atoms with Crippen molar-refractivity contribution in [1.29, 1.82) is 0 Å². The molecule has 0 saturated carbocycles. The van der Waals surface area contributed by atoms with E-state index in [1.165, 1.54) is 0 Å². The van der Waals surface area contributed by atoms with Crippen LogP contribution in [0.4, 0.5) is 0 Å². The Hall–Kier alpha value is -1.57. The normalized spacial score (nSPS) is 10.4. The Morgan fingerprint density at radius 1 is 1.50 bits per heavy atom. The van der Waals surface area contributed by atoms with Gasteiger partial charge in [0.05, 0.1) is 0 Å². The molecule has 2 heteroatoms. The molecule has 0 spiro atoms. The van der Waals surface area contributed by atoms with Crippen LogP contribution in [0.5, 0.6) is 0 Å². The summed E-state index contributed by atoms with van der Waals surface area (Å²) in [5, 5.41) is 0. The third-order valence-electron chi connectivity index (χ3n) is 1.53. The lowest BCUT2D eigenvalue weighted by Gasteiger charge is -1.96. The third kappa shape index (κ3) is 1.95. The molecule has 2 N–H and O–H groups in total. The topological polar surface area (TPSA) is 43.1 Å². The summed E-state index contributed by atoms with van der Waals surface area (Å²) in [7, 11) is 0. The molecule has 0 fully saturated rings. The first-order chi connectivity index (χ1) is 5.74. The Kier molecular flexibility index (Phi) is 2.64. The van der Waals surface area contributed by atoms with Gasteiger partial charge in [0.25, 0.3) is 0 Å². The average Bonchev–Trinajstić information content (AvgIpc) is 2.05. The molecule has 1 aromatic rings. The van der Waals surface area contributed by atoms with Crippen molar-refractivity contribution in [3.05, 3.63) is 41.5 Å². The minimum atomic E-state index is -0.388. The lowest BCUT2D eigenvalue weighted by atomic mass is 10.1. The highest BCUT2D eigenvalue weighted by Gasteiger charge is 1.98. The number of allylic oxidation sites excluding steroid dienone is 1. The highest BCUT2D eigenvalue weighted by atomic mass is 16.1. The highest BCUT2D eigenvalue weighted by molar-refractivity contribution is 5.93. The number of rotatable bonds is 2. The molecule has 0 aromatic heterocycles. The first kappa shape index (κ1) is 8.53. The van der Waals surface area contributed by atoms with Crippen LogP contribution < -0.4 is 5.73 Å². The number of primary amides is 1. The van der Waals surface area contributed by atoms with Crippen LogP contribution in [-0.4, -0.2) is 5.91 Å². The van der Waals surface area contributed by atoms with Gasteiger partial charge >= 0.3 is 0 Å². The lowest BCUT2D eigenvalue weighted by molar-refractivity contribution is 0.100. The van der Waals surface area contributed by atoms with Crippen molar-refractivity contribution in [2.75, 3.05) is 0 Å². The van der Waals surface area contributed by atoms with Gasteiger partial charge in [0.15, 0.2) is 0 Å². The molecule has 1 amide bonds. The van der Waals surface area contributed by atoms with Crippen LogP contribution in [0.3, 0.4) is 0 Å². The summed E-state index contributed by atoms with van der Waals surface area (Å²) in [4.78, 5) is 10.8. The number of benzene rings is 1. The van der Waals surface area contributed by atoms with E-state index in [2.05, 4.69) is 0 Å². The highest BCUT2D eigenvalue weighted by Crippen LogP contribution is 2.05. The standard InChI is InChI=1S/C10H11NO/c1-2-4-8-5-3-6-9(7-8)10(11)12/h2-7H,1H3,(H2,11,12). The summed E-state index contributed by atoms with van der Waals surface area (Å²) in [6.45, 7) is 1.93. The second kappa shape index (κ2) is 3.72. The van der Waals surface area contributed by atoms with Gasteiger partial charge in [-0.1, -0.05) is 24.3 Å². The number of amides is 1. The van der Waals surface area contributed by atoms with Crippen molar-refractivity contribution in [1.82, 2.24) is 0 Å². The number of hydrogen-bond donors (Lipinski definition) is 1. The second-order valence-electron chi connectivity index (χ2n) is 2.49. The maximum Gasteiger partial charge on any atom is 0.248 e. The van der Waals surface area contributed by atoms with Gasteiger partial charge in [0.1, 0.15) is 0 Å². The molecule has 12 heavy (non-hydrogen) atoms. The maximum atomic E-state index is 10.8. The van der Waals surface area contributed by atoms with Gasteiger partial charge in [-0.3, -0.25) is 4.79 Å². The van der Waals surface area contributed by atoms with Crippen molar-refractivity contribution in [2.45, 2.75) is 6.92 Å². The molecule has 0 unspecified atom stereocenters. The molecule has 0 saturated heterocycles. The van der Waals surface area contributed by atoms with Crippen molar-refractivity contribution in [2.24, 2.45) is 5.73 Å². The molecular formula is C10H11NO. The summed E-state index contributed by atoms with van der Waals surface area (Å²) in [6.07, 6.45) is 3.84. The third-order valence-corrected chi connectivity index (χ3v) is 1.53. The smallest absolute Gasteiger partial charge is 0.248 e. The zero-order chi connectivity index (χ0) is 8.97. The van der Waals surface area contributed by atoms with E-state index in [0.717, 1.165) is 5.56 Å². The maximum absolute atomic E-state index is 10.8. The molecule has 0 aliphatic heterocycles. The van der Waals surface area contributed by atoms with E-state index < -0.39 is 0 Å². The molecule has 0 bridgehead atoms. The van der Waals surface area contributed by atoms with Crippen LogP contribution in [0.25, 0.3) is 6.08 Å². The van der Waals surface area contributed by atoms with E-state index in [-0.39, 0.29) is 5.91 Å². The number of carbonyl (C=O) groups excluding carboxylic acids is 1. The summed E-state index contributed by atoms with van der Waals surface area (Å²) in [6, 6.07) is 7.21. The van der Waals surface area contributed by atoms with Gasteiger partial charge in [-0.25, -0.2) is 0 Å². The first-order valence-electron chi connectivity index (χ1n) is 3.76. The molecule has 0 aliphatic rings. The molecular weight excluding hydrogens is 150 g/mol. The minimum Gasteiger partial charge on any atom is -0.366 e. The number of carbonyl (C=O) groups is 1. The summed E-state index contributed by atoms with van der Waals surface area (Å²) < 4.78 is 0. The zero-order valence-corrected chi connectivity index (χ0v) is 6.95. The monoisotopic (exact) mass is 161 g/mol. The predicted octanol–water partition coefficient (Wildman–Crippen LogP) is 1.82. The quantitative estimate of drug-likeness (QED) is 0.706. The Morgan fingerprint density at radius 3 is 2.83 bits per heavy atom. The van der Waals surface area contributed by atoms with Crippen LogP contribution in [0, 0.1) is 0 Å². The van der Waals surface area contributed by atoms with Gasteiger partial charge in [-0.2, -0.15) is 0 Å². The molecule has 0 atom stereocenters. The van der Waals surface area contributed by atoms with E-state index in [4.69, 9.17) is 5.73 Å². The summed E-state index contributed by atoms with van der Waals surface area (Å²) in [5.74, 6) is -0.388. The lowest BCUT2D eigenvalue weighted by Crippen LogP contribution is -2.10. The fourth-order valence-electron chi connectivity index (χ4n) is 0.988. The van der Waals surface area contributed by atoms with Gasteiger partial charge in [0.2, 0.25) is 5.91 Å². The van der Waals surface area contributed by atoms with Crippen molar-refractivity contribution >= 4 is 12.0 Å². The van der Waals surface area contributed by atoms with Crippen LogP contribution in [0.1, 0.15) is 22.8 Å². The molecule has 0 heterocycles. The Balaban J connectivity index is 3.03. The predicted molar refractivity (Wildman–Crippen MR) is 49.7 cm³/mol. The van der Waals surface area contributed by atoms with Gasteiger partial charge in [0, 0.05) is 5.56 Å². The summed E-state index contributed by atoms with van der Waals surface area (Å²) >= 11 is 0. The van der Waals surface area contributed by atoms with Gasteiger partial charge in [-0.05, 0) is 24.6 Å². The average molecular weight is 161 g/mol. The number of nitrogens with two attached hydrogens (primary N) is 1. The van der Waals surface area contributed by atoms with Crippen LogP contribution >= 0.6 is 0 Å². The minimum absolute atomic E-state index is 0.388. The van der Waals surface area contributed by atoms with Gasteiger partial charge < -0.3 is 5.73 Å². The second-order valence-corrected chi connectivity index (χ2v) is 2.49. The van der Waals surface area contributed by atoms with Crippen LogP contribution in [0.15, 0.2) is 30.3 Å². The van der Waals surface area contributed by atoms with Crippen molar-refractivity contribution < 1.29 is 4.79 Å². The molecule has 1 aromatic carbocycles. The molecule has 0 radical (unpaired) electrons. The number of hydrogen-bond acceptors (Lipinski definition) is 1. The fraction of sp³-hybridized carbons (Fsp3) is 0.100. The van der Waals surface area contributed by atoms with Crippen LogP contribution in [0.2, 0.25) is 0 Å². The van der Waals surface area contributed by atoms with E-state index >= 15 is 0 Å². The Labute approximate surface area is 71.7 Å². The first-order valence-corrected chi connectivity index (χ1v) is 3.76. The van der Waals surface area contributed by atoms with Crippen molar-refractivity contribution in [3.63, 3.8) is 0 Å². The molecule has 2 nitrogen and oxygen atoms in total. The largest absolute Gasteiger partial charge is 0.366 e. The SMILES string of the molecule is CC=Cc1cccc(C(N)=O)c1. The fourth-order valence-corrected chi connectivity index (χ4v) is 0.988. The van der Waals surface area contributed by atoms with E-state index in [0.29, 0.717) is 5.56 Å². The van der Waals surface area contributed by atoms with E-state index in [9.17, 15) is 4.79 Å². The zero-order valence-electron chi connectivity index (χ0n) is 6.95. The van der Waals surface area contributed by atoms with Crippen molar-refractivity contribution in [3.8, 4) is 0 Å². The van der Waals surface area contributed by atoms with E-state index in [1.807, 2.05) is 31.2 Å². The van der Waals surface area contributed by atoms with Crippen LogP contribution in [-0.2, 0) is 0 Å². The summed E-state index contributed by atoms with van der Waals surface area (Å²) in [5.41, 5.74) is 6.66. The molecule has 1 rings (SSSR count). The molecule has 62 valence electrons.